The molecule has 1 saturated heterocycles. The minimum atomic E-state index is -0.955. The molecule has 2 atom stereocenters. The molecule has 1 N–H and O–H groups in total. The van der Waals surface area contributed by atoms with E-state index < -0.39 is 23.7 Å². The van der Waals surface area contributed by atoms with Crippen molar-refractivity contribution in [2.45, 2.75) is 65.1 Å². The van der Waals surface area contributed by atoms with Crippen LogP contribution in [0.1, 0.15) is 47.5 Å². The number of carbonyl (C=O) groups excluding carboxylic acids is 1. The number of hydrogen-bond donors (Lipinski definition) is 1. The maximum atomic E-state index is 12.1. The average molecular weight is 257 g/mol. The first-order valence-corrected chi connectivity index (χ1v) is 6.37. The van der Waals surface area contributed by atoms with Gasteiger partial charge in [-0.25, -0.2) is 9.59 Å². The van der Waals surface area contributed by atoms with Gasteiger partial charge in [0.15, 0.2) is 0 Å². The smallest absolute Gasteiger partial charge is 0.411 e. The highest BCUT2D eigenvalue weighted by atomic mass is 16.6. The van der Waals surface area contributed by atoms with E-state index in [1.165, 1.54) is 4.90 Å². The van der Waals surface area contributed by atoms with Crippen molar-refractivity contribution in [2.24, 2.45) is 5.92 Å². The third-order valence-electron chi connectivity index (χ3n) is 3.09. The number of hydrogen-bond acceptors (Lipinski definition) is 3. The molecular formula is C13H23NO4. The van der Waals surface area contributed by atoms with Crippen molar-refractivity contribution in [3.05, 3.63) is 0 Å². The molecule has 18 heavy (non-hydrogen) atoms. The van der Waals surface area contributed by atoms with E-state index in [2.05, 4.69) is 0 Å². The molecule has 1 fully saturated rings. The van der Waals surface area contributed by atoms with E-state index in [0.29, 0.717) is 12.8 Å². The molecule has 0 bridgehead atoms. The normalized spacial score (nSPS) is 24.4. The van der Waals surface area contributed by atoms with Crippen LogP contribution < -0.4 is 0 Å². The van der Waals surface area contributed by atoms with Crippen LogP contribution in [0.4, 0.5) is 4.79 Å². The van der Waals surface area contributed by atoms with E-state index in [1.807, 2.05) is 13.8 Å². The zero-order valence-corrected chi connectivity index (χ0v) is 11.8. The largest absolute Gasteiger partial charge is 0.480 e. The second-order valence-corrected chi connectivity index (χ2v) is 6.13. The summed E-state index contributed by atoms with van der Waals surface area (Å²) in [4.78, 5) is 24.7. The van der Waals surface area contributed by atoms with E-state index in [0.717, 1.165) is 0 Å². The number of nitrogens with zero attached hydrogens (tertiary/aromatic N) is 1. The molecule has 104 valence electrons. The summed E-state index contributed by atoms with van der Waals surface area (Å²) in [6, 6.07) is -0.812. The van der Waals surface area contributed by atoms with Gasteiger partial charge in [-0.2, -0.15) is 0 Å². The molecule has 0 aromatic rings. The lowest BCUT2D eigenvalue weighted by Crippen LogP contribution is -2.48. The lowest BCUT2D eigenvalue weighted by atomic mass is 10.0. The molecule has 1 aliphatic heterocycles. The number of aliphatic carboxylic acids is 1. The van der Waals surface area contributed by atoms with Crippen LogP contribution in [0.25, 0.3) is 0 Å². The quantitative estimate of drug-likeness (QED) is 0.825. The molecule has 1 heterocycles. The van der Waals surface area contributed by atoms with Crippen molar-refractivity contribution in [1.29, 1.82) is 0 Å². The van der Waals surface area contributed by atoms with Crippen molar-refractivity contribution in [3.8, 4) is 0 Å². The van der Waals surface area contributed by atoms with Crippen LogP contribution >= 0.6 is 0 Å². The number of amides is 1. The number of likely N-dealkylation sites (tertiary alicyclic amines) is 1. The number of carboxylic acids is 1. The summed E-state index contributed by atoms with van der Waals surface area (Å²) in [6.07, 6.45) is 0.691. The number of ether oxygens (including phenoxy) is 1. The zero-order chi connectivity index (χ0) is 14.1. The van der Waals surface area contributed by atoms with E-state index >= 15 is 0 Å². The van der Waals surface area contributed by atoms with Gasteiger partial charge in [0.1, 0.15) is 11.6 Å². The number of rotatable bonds is 2. The van der Waals surface area contributed by atoms with Gasteiger partial charge in [-0.05, 0) is 39.5 Å². The number of carboxylic acid groups (broad SMARTS) is 1. The van der Waals surface area contributed by atoms with Gasteiger partial charge in [0, 0.05) is 6.04 Å². The molecule has 0 radical (unpaired) electrons. The highest BCUT2D eigenvalue weighted by Gasteiger charge is 2.43. The Morgan fingerprint density at radius 3 is 2.22 bits per heavy atom. The molecule has 0 spiro atoms. The predicted octanol–water partition coefficient (Wildman–Crippen LogP) is 2.50. The second kappa shape index (κ2) is 5.16. The Hall–Kier alpha value is -1.26. The molecule has 0 unspecified atom stereocenters. The highest BCUT2D eigenvalue weighted by molar-refractivity contribution is 5.81. The SMILES string of the molecule is CC(C)[C@H]1CC[C@@H](C(=O)O)N1C(=O)OC(C)(C)C. The van der Waals surface area contributed by atoms with Crippen LogP contribution in [0.5, 0.6) is 0 Å². The molecule has 0 saturated carbocycles. The van der Waals surface area contributed by atoms with Gasteiger partial charge in [-0.3, -0.25) is 4.90 Å². The summed E-state index contributed by atoms with van der Waals surface area (Å²) in [5.74, 6) is -0.731. The first-order valence-electron chi connectivity index (χ1n) is 6.37. The summed E-state index contributed by atoms with van der Waals surface area (Å²) < 4.78 is 5.31. The van der Waals surface area contributed by atoms with Crippen molar-refractivity contribution >= 4 is 12.1 Å². The van der Waals surface area contributed by atoms with Gasteiger partial charge in [0.25, 0.3) is 0 Å². The summed E-state index contributed by atoms with van der Waals surface area (Å²) in [7, 11) is 0. The van der Waals surface area contributed by atoms with Crippen molar-refractivity contribution in [3.63, 3.8) is 0 Å². The summed E-state index contributed by atoms with van der Waals surface area (Å²) in [6.45, 7) is 9.32. The van der Waals surface area contributed by atoms with Crippen LogP contribution in [-0.4, -0.2) is 39.8 Å². The average Bonchev–Trinajstić information content (AvgIpc) is 2.58. The van der Waals surface area contributed by atoms with Crippen molar-refractivity contribution < 1.29 is 19.4 Å². The van der Waals surface area contributed by atoms with Gasteiger partial charge >= 0.3 is 12.1 Å². The maximum Gasteiger partial charge on any atom is 0.411 e. The molecule has 1 aliphatic rings. The Kier molecular flexibility index (Phi) is 4.24. The minimum Gasteiger partial charge on any atom is -0.480 e. The van der Waals surface area contributed by atoms with Gasteiger partial charge in [0.2, 0.25) is 0 Å². The molecule has 0 aliphatic carbocycles. The fourth-order valence-corrected chi connectivity index (χ4v) is 2.31. The minimum absolute atomic E-state index is 0.0547. The van der Waals surface area contributed by atoms with Crippen LogP contribution in [-0.2, 0) is 9.53 Å². The van der Waals surface area contributed by atoms with E-state index in [9.17, 15) is 14.7 Å². The van der Waals surface area contributed by atoms with Crippen molar-refractivity contribution in [1.82, 2.24) is 4.90 Å². The Morgan fingerprint density at radius 1 is 1.28 bits per heavy atom. The molecule has 5 nitrogen and oxygen atoms in total. The Morgan fingerprint density at radius 2 is 1.83 bits per heavy atom. The Bertz CT molecular complexity index is 332. The monoisotopic (exact) mass is 257 g/mol. The third kappa shape index (κ3) is 3.37. The van der Waals surface area contributed by atoms with Crippen LogP contribution in [0, 0.1) is 5.92 Å². The summed E-state index contributed by atoms with van der Waals surface area (Å²) in [5, 5.41) is 9.18. The van der Waals surface area contributed by atoms with Crippen LogP contribution in [0.2, 0.25) is 0 Å². The Labute approximate surface area is 108 Å². The van der Waals surface area contributed by atoms with Crippen molar-refractivity contribution in [2.75, 3.05) is 0 Å². The molecule has 0 aromatic heterocycles. The van der Waals surface area contributed by atoms with Gasteiger partial charge in [-0.1, -0.05) is 13.8 Å². The van der Waals surface area contributed by atoms with Gasteiger partial charge < -0.3 is 9.84 Å². The number of carbonyl (C=O) groups is 2. The lowest BCUT2D eigenvalue weighted by Gasteiger charge is -2.32. The van der Waals surface area contributed by atoms with Gasteiger partial charge in [-0.15, -0.1) is 0 Å². The molecule has 5 heteroatoms. The predicted molar refractivity (Wildman–Crippen MR) is 67.4 cm³/mol. The summed E-state index contributed by atoms with van der Waals surface area (Å²) >= 11 is 0. The molecule has 1 rings (SSSR count). The van der Waals surface area contributed by atoms with Crippen LogP contribution in [0.3, 0.4) is 0 Å². The fourth-order valence-electron chi connectivity index (χ4n) is 2.31. The summed E-state index contributed by atoms with van der Waals surface area (Å²) in [5.41, 5.74) is -0.607. The van der Waals surface area contributed by atoms with E-state index in [4.69, 9.17) is 4.74 Å². The Balaban J connectivity index is 2.89. The topological polar surface area (TPSA) is 66.8 Å². The fraction of sp³-hybridized carbons (Fsp3) is 0.846. The maximum absolute atomic E-state index is 12.1. The second-order valence-electron chi connectivity index (χ2n) is 6.13. The molecular weight excluding hydrogens is 234 g/mol. The van der Waals surface area contributed by atoms with Crippen LogP contribution in [0.15, 0.2) is 0 Å². The molecule has 0 aromatic carbocycles. The van der Waals surface area contributed by atoms with E-state index in [-0.39, 0.29) is 12.0 Å². The first kappa shape index (κ1) is 14.8. The van der Waals surface area contributed by atoms with Gasteiger partial charge in [0.05, 0.1) is 0 Å². The highest BCUT2D eigenvalue weighted by Crippen LogP contribution is 2.30. The molecule has 1 amide bonds. The lowest BCUT2D eigenvalue weighted by molar-refractivity contribution is -0.142. The third-order valence-corrected chi connectivity index (χ3v) is 3.09. The van der Waals surface area contributed by atoms with E-state index in [1.54, 1.807) is 20.8 Å². The first-order chi connectivity index (χ1) is 8.13. The standard InChI is InChI=1S/C13H23NO4/c1-8(2)9-6-7-10(11(15)16)14(9)12(17)18-13(3,4)5/h8-10H,6-7H2,1-5H3,(H,15,16)/t9-,10+/m1/s1. The zero-order valence-electron chi connectivity index (χ0n) is 11.8.